The molecule has 0 saturated heterocycles. The monoisotopic (exact) mass is 326 g/mol. The molecule has 2 N–H and O–H groups in total. The Bertz CT molecular complexity index is 588. The van der Waals surface area contributed by atoms with Gasteiger partial charge in [0.25, 0.3) is 5.91 Å². The number of esters is 1. The summed E-state index contributed by atoms with van der Waals surface area (Å²) in [6, 6.07) is 0.281. The molecule has 1 aromatic heterocycles. The molecule has 0 aromatic carbocycles. The van der Waals surface area contributed by atoms with E-state index in [2.05, 4.69) is 10.3 Å². The van der Waals surface area contributed by atoms with E-state index in [4.69, 9.17) is 19.3 Å². The average Bonchev–Trinajstić information content (AvgIpc) is 2.52. The smallest absolute Gasteiger partial charge is 0.325 e. The van der Waals surface area contributed by atoms with Crippen LogP contribution in [0, 0.1) is 0 Å². The van der Waals surface area contributed by atoms with Crippen LogP contribution in [0.5, 0.6) is 11.5 Å². The summed E-state index contributed by atoms with van der Waals surface area (Å²) >= 11 is 0. The number of aliphatic carboxylic acids is 1. The van der Waals surface area contributed by atoms with Crippen molar-refractivity contribution in [3.05, 3.63) is 18.0 Å². The van der Waals surface area contributed by atoms with Gasteiger partial charge in [-0.15, -0.1) is 0 Å². The summed E-state index contributed by atoms with van der Waals surface area (Å²) in [5.74, 6) is -2.70. The number of carbonyl (C=O) groups is 3. The van der Waals surface area contributed by atoms with Crippen molar-refractivity contribution in [2.24, 2.45) is 0 Å². The maximum Gasteiger partial charge on any atom is 0.325 e. The second kappa shape index (κ2) is 8.69. The van der Waals surface area contributed by atoms with Crippen LogP contribution in [0.4, 0.5) is 0 Å². The molecule has 126 valence electrons. The van der Waals surface area contributed by atoms with Crippen LogP contribution < -0.4 is 14.8 Å². The summed E-state index contributed by atoms with van der Waals surface area (Å²) in [4.78, 5) is 38.5. The summed E-state index contributed by atoms with van der Waals surface area (Å²) in [6.07, 6.45) is 1.26. The lowest BCUT2D eigenvalue weighted by molar-refractivity contribution is -0.139. The minimum absolute atomic E-state index is 0.0267. The quantitative estimate of drug-likeness (QED) is 0.651. The van der Waals surface area contributed by atoms with Crippen LogP contribution in [0.1, 0.15) is 23.8 Å². The Morgan fingerprint density at radius 1 is 1.35 bits per heavy atom. The Kier molecular flexibility index (Phi) is 6.94. The van der Waals surface area contributed by atoms with Crippen molar-refractivity contribution in [2.75, 3.05) is 20.8 Å². The van der Waals surface area contributed by atoms with Crippen molar-refractivity contribution >= 4 is 17.8 Å². The fourth-order valence-corrected chi connectivity index (χ4v) is 1.53. The molecule has 1 amide bonds. The van der Waals surface area contributed by atoms with Crippen molar-refractivity contribution in [3.63, 3.8) is 0 Å². The first-order chi connectivity index (χ1) is 10.9. The Balaban J connectivity index is 3.04. The molecule has 0 unspecified atom stereocenters. The molecule has 1 aromatic rings. The molecule has 1 heterocycles. The molecule has 0 radical (unpaired) electrons. The molecule has 1 rings (SSSR count). The summed E-state index contributed by atoms with van der Waals surface area (Å²) in [6.45, 7) is 1.45. The first-order valence-corrected chi connectivity index (χ1v) is 6.67. The molecule has 0 aliphatic rings. The number of ether oxygens (including phenoxy) is 3. The zero-order valence-corrected chi connectivity index (χ0v) is 13.0. The summed E-state index contributed by atoms with van der Waals surface area (Å²) in [7, 11) is 2.77. The van der Waals surface area contributed by atoms with Crippen molar-refractivity contribution in [3.8, 4) is 11.5 Å². The predicted octanol–water partition coefficient (Wildman–Crippen LogP) is 0.235. The van der Waals surface area contributed by atoms with Gasteiger partial charge in [0.05, 0.1) is 20.1 Å². The number of aromatic nitrogens is 1. The first-order valence-electron chi connectivity index (χ1n) is 6.67. The Morgan fingerprint density at radius 2 is 2.04 bits per heavy atom. The number of methoxy groups -OCH3 is 2. The number of nitrogens with one attached hydrogen (secondary N) is 1. The van der Waals surface area contributed by atoms with Crippen molar-refractivity contribution in [2.45, 2.75) is 19.4 Å². The van der Waals surface area contributed by atoms with E-state index in [9.17, 15) is 14.4 Å². The van der Waals surface area contributed by atoms with Gasteiger partial charge in [0.15, 0.2) is 11.4 Å². The van der Waals surface area contributed by atoms with E-state index in [0.29, 0.717) is 0 Å². The van der Waals surface area contributed by atoms with E-state index in [0.717, 1.165) is 0 Å². The molecule has 0 bridgehead atoms. The number of carbonyl (C=O) groups excluding carboxylic acids is 2. The molecular formula is C14H18N2O7. The highest BCUT2D eigenvalue weighted by atomic mass is 16.6. The van der Waals surface area contributed by atoms with Gasteiger partial charge >= 0.3 is 11.9 Å². The second-order valence-electron chi connectivity index (χ2n) is 4.44. The van der Waals surface area contributed by atoms with Crippen LogP contribution in [0.15, 0.2) is 12.3 Å². The highest BCUT2D eigenvalue weighted by Crippen LogP contribution is 2.29. The Morgan fingerprint density at radius 3 is 2.61 bits per heavy atom. The number of amides is 1. The molecule has 0 spiro atoms. The third-order valence-electron chi connectivity index (χ3n) is 2.75. The molecule has 23 heavy (non-hydrogen) atoms. The van der Waals surface area contributed by atoms with Crippen molar-refractivity contribution in [1.82, 2.24) is 10.3 Å². The highest BCUT2D eigenvalue weighted by molar-refractivity contribution is 5.98. The Labute approximate surface area is 132 Å². The number of pyridine rings is 1. The van der Waals surface area contributed by atoms with Gasteiger partial charge in [-0.2, -0.15) is 0 Å². The lowest BCUT2D eigenvalue weighted by Gasteiger charge is -2.14. The average molecular weight is 326 g/mol. The SMILES string of the molecule is COCCC(=O)Oc1c(OC)ccnc1C(=O)N[C@@H](C)C(=O)O. The lowest BCUT2D eigenvalue weighted by Crippen LogP contribution is -2.39. The van der Waals surface area contributed by atoms with E-state index in [1.54, 1.807) is 0 Å². The molecule has 9 nitrogen and oxygen atoms in total. The molecule has 9 heteroatoms. The maximum absolute atomic E-state index is 12.1. The molecule has 0 fully saturated rings. The topological polar surface area (TPSA) is 124 Å². The van der Waals surface area contributed by atoms with Crippen LogP contribution in [0.3, 0.4) is 0 Å². The molecule has 0 aliphatic heterocycles. The van der Waals surface area contributed by atoms with Gasteiger partial charge in [-0.3, -0.25) is 14.4 Å². The van der Waals surface area contributed by atoms with Crippen LogP contribution >= 0.6 is 0 Å². The number of hydrogen-bond acceptors (Lipinski definition) is 7. The summed E-state index contributed by atoms with van der Waals surface area (Å²) in [5.41, 5.74) is -0.247. The molecule has 1 atom stereocenters. The highest BCUT2D eigenvalue weighted by Gasteiger charge is 2.24. The number of carboxylic acids is 1. The van der Waals surface area contributed by atoms with E-state index < -0.39 is 23.9 Å². The Hall–Kier alpha value is -2.68. The lowest BCUT2D eigenvalue weighted by atomic mass is 10.2. The number of carboxylic acid groups (broad SMARTS) is 1. The van der Waals surface area contributed by atoms with Gasteiger partial charge in [-0.25, -0.2) is 4.98 Å². The zero-order chi connectivity index (χ0) is 17.4. The van der Waals surface area contributed by atoms with Gasteiger partial charge in [-0.05, 0) is 6.92 Å². The van der Waals surface area contributed by atoms with E-state index in [-0.39, 0.29) is 30.2 Å². The van der Waals surface area contributed by atoms with Gasteiger partial charge < -0.3 is 24.6 Å². The van der Waals surface area contributed by atoms with E-state index in [1.165, 1.54) is 33.4 Å². The molecular weight excluding hydrogens is 308 g/mol. The van der Waals surface area contributed by atoms with Crippen LogP contribution in [-0.4, -0.2) is 54.8 Å². The maximum atomic E-state index is 12.1. The largest absolute Gasteiger partial charge is 0.493 e. The standard InChI is InChI=1S/C14H18N2O7/c1-8(14(19)20)16-13(18)11-12(9(22-3)4-6-15-11)23-10(17)5-7-21-2/h4,6,8H,5,7H2,1-3H3,(H,16,18)(H,19,20)/t8-/m0/s1. The van der Waals surface area contributed by atoms with Crippen molar-refractivity contribution < 1.29 is 33.7 Å². The fraction of sp³-hybridized carbons (Fsp3) is 0.429. The normalized spacial score (nSPS) is 11.4. The van der Waals surface area contributed by atoms with E-state index >= 15 is 0 Å². The first kappa shape index (κ1) is 18.4. The number of rotatable bonds is 8. The van der Waals surface area contributed by atoms with Crippen LogP contribution in [0.2, 0.25) is 0 Å². The van der Waals surface area contributed by atoms with Gasteiger partial charge in [0, 0.05) is 19.4 Å². The van der Waals surface area contributed by atoms with Gasteiger partial charge in [-0.1, -0.05) is 0 Å². The minimum atomic E-state index is -1.21. The summed E-state index contributed by atoms with van der Waals surface area (Å²) < 4.78 is 14.9. The van der Waals surface area contributed by atoms with Crippen molar-refractivity contribution in [1.29, 1.82) is 0 Å². The summed E-state index contributed by atoms with van der Waals surface area (Å²) in [5, 5.41) is 11.1. The predicted molar refractivity (Wildman–Crippen MR) is 77.5 cm³/mol. The van der Waals surface area contributed by atoms with Crippen LogP contribution in [-0.2, 0) is 14.3 Å². The third-order valence-corrected chi connectivity index (χ3v) is 2.75. The number of hydrogen-bond donors (Lipinski definition) is 2. The zero-order valence-electron chi connectivity index (χ0n) is 13.0. The van der Waals surface area contributed by atoms with Gasteiger partial charge in [0.2, 0.25) is 5.75 Å². The second-order valence-corrected chi connectivity index (χ2v) is 4.44. The fourth-order valence-electron chi connectivity index (χ4n) is 1.53. The molecule has 0 saturated carbocycles. The number of nitrogens with zero attached hydrogens (tertiary/aromatic N) is 1. The molecule has 0 aliphatic carbocycles. The van der Waals surface area contributed by atoms with Crippen LogP contribution in [0.25, 0.3) is 0 Å². The van der Waals surface area contributed by atoms with E-state index in [1.807, 2.05) is 0 Å². The minimum Gasteiger partial charge on any atom is -0.493 e. The van der Waals surface area contributed by atoms with Gasteiger partial charge in [0.1, 0.15) is 6.04 Å². The third kappa shape index (κ3) is 5.22.